The van der Waals surface area contributed by atoms with Gasteiger partial charge in [-0.05, 0) is 0 Å². The molecule has 1 amide bonds. The van der Waals surface area contributed by atoms with E-state index < -0.39 is 0 Å². The molecule has 0 heterocycles. The van der Waals surface area contributed by atoms with Crippen LogP contribution in [0.4, 0.5) is 0 Å². The van der Waals surface area contributed by atoms with Crippen molar-refractivity contribution in [2.75, 3.05) is 13.6 Å². The molecule has 0 aromatic rings. The summed E-state index contributed by atoms with van der Waals surface area (Å²) in [5.74, 6) is 2.28. The second-order valence-corrected chi connectivity index (χ2v) is 1.15. The lowest BCUT2D eigenvalue weighted by Crippen LogP contribution is -2.14. The van der Waals surface area contributed by atoms with E-state index in [1.807, 2.05) is 0 Å². The number of hydrogen-bond donors (Lipinski definition) is 0. The lowest BCUT2D eigenvalue weighted by atomic mass is 10.6. The van der Waals surface area contributed by atoms with Crippen molar-refractivity contribution in [2.24, 2.45) is 0 Å². The highest BCUT2D eigenvalue weighted by molar-refractivity contribution is 5.47. The number of carbonyl (C=O) groups excluding carboxylic acids is 1. The summed E-state index contributed by atoms with van der Waals surface area (Å²) in [5.41, 5.74) is 0. The third kappa shape index (κ3) is 2.84. The van der Waals surface area contributed by atoms with E-state index in [0.29, 0.717) is 6.54 Å². The molecule has 37 valence electrons. The molecule has 0 unspecified atom stereocenters. The van der Waals surface area contributed by atoms with Crippen LogP contribution in [0.2, 0.25) is 0 Å². The van der Waals surface area contributed by atoms with Gasteiger partial charge in [-0.1, -0.05) is 5.92 Å². The highest BCUT2D eigenvalue weighted by Crippen LogP contribution is 1.67. The molecule has 0 aromatic carbocycles. The van der Waals surface area contributed by atoms with Gasteiger partial charge >= 0.3 is 6.41 Å². The fraction of sp³-hybridized carbons (Fsp3) is 0.400. The van der Waals surface area contributed by atoms with Crippen LogP contribution in [0.5, 0.6) is 0 Å². The number of nitrogens with zero attached hydrogens (tertiary/aromatic N) is 1. The second-order valence-electron chi connectivity index (χ2n) is 1.15. The van der Waals surface area contributed by atoms with Crippen LogP contribution in [0.25, 0.3) is 0 Å². The van der Waals surface area contributed by atoms with Gasteiger partial charge in [0, 0.05) is 7.05 Å². The third-order valence-corrected chi connectivity index (χ3v) is 0.484. The van der Waals surface area contributed by atoms with Crippen molar-refractivity contribution in [3.05, 3.63) is 0 Å². The molecule has 0 saturated carbocycles. The molecule has 0 atom stereocenters. The molecule has 0 fully saturated rings. The van der Waals surface area contributed by atoms with Crippen LogP contribution >= 0.6 is 0 Å². The van der Waals surface area contributed by atoms with E-state index in [1.54, 1.807) is 13.5 Å². The minimum Gasteiger partial charge on any atom is -0.326 e. The number of rotatable bonds is 2. The molecule has 0 aliphatic carbocycles. The summed E-state index contributed by atoms with van der Waals surface area (Å²) in [4.78, 5) is 10.9. The van der Waals surface area contributed by atoms with Gasteiger partial charge in [-0.2, -0.15) is 0 Å². The fourth-order valence-electron chi connectivity index (χ4n) is 0.169. The number of hydrogen-bond acceptors (Lipinski definition) is 1. The van der Waals surface area contributed by atoms with Crippen LogP contribution in [0, 0.1) is 12.3 Å². The summed E-state index contributed by atoms with van der Waals surface area (Å²) in [5, 5.41) is 0. The molecule has 0 bridgehead atoms. The minimum absolute atomic E-state index is 0.337. The molecule has 0 rings (SSSR count). The van der Waals surface area contributed by atoms with E-state index in [-0.39, 0.29) is 0 Å². The lowest BCUT2D eigenvalue weighted by molar-refractivity contribution is 0.464. The monoisotopic (exact) mass is 96.0 g/mol. The predicted molar refractivity (Wildman–Crippen MR) is 27.2 cm³/mol. The summed E-state index contributed by atoms with van der Waals surface area (Å²) >= 11 is 0. The maximum Gasteiger partial charge on any atom is 0.312 e. The minimum atomic E-state index is 0.337. The normalized spacial score (nSPS) is 6.86. The van der Waals surface area contributed by atoms with Crippen LogP contribution in [0.1, 0.15) is 0 Å². The van der Waals surface area contributed by atoms with Crippen molar-refractivity contribution in [3.63, 3.8) is 0 Å². The van der Waals surface area contributed by atoms with Gasteiger partial charge in [0.1, 0.15) is 0 Å². The molecule has 0 aliphatic heterocycles. The zero-order valence-corrected chi connectivity index (χ0v) is 4.14. The Morgan fingerprint density at radius 3 is 2.57 bits per heavy atom. The zero-order valence-electron chi connectivity index (χ0n) is 4.14. The van der Waals surface area contributed by atoms with Crippen molar-refractivity contribution in [1.29, 1.82) is 0 Å². The Balaban J connectivity index is 3.21. The summed E-state index contributed by atoms with van der Waals surface area (Å²) in [6, 6.07) is 0. The first kappa shape index (κ1) is 6.03. The van der Waals surface area contributed by atoms with E-state index in [0.717, 1.165) is 0 Å². The van der Waals surface area contributed by atoms with Gasteiger partial charge in [-0.3, -0.25) is 4.79 Å². The zero-order chi connectivity index (χ0) is 5.70. The van der Waals surface area contributed by atoms with Crippen LogP contribution in [-0.2, 0) is 4.79 Å². The highest BCUT2D eigenvalue weighted by Gasteiger charge is 1.84. The molecule has 0 N–H and O–H groups in total. The van der Waals surface area contributed by atoms with Gasteiger partial charge in [0.25, 0.3) is 0 Å². The van der Waals surface area contributed by atoms with Crippen molar-refractivity contribution in [2.45, 2.75) is 0 Å². The Hall–Kier alpha value is -0.970. The van der Waals surface area contributed by atoms with E-state index in [2.05, 4.69) is 5.92 Å². The smallest absolute Gasteiger partial charge is 0.312 e. The average Bonchev–Trinajstić information content (AvgIpc) is 1.68. The summed E-state index contributed by atoms with van der Waals surface area (Å²) in [6.45, 7) is 0.337. The summed E-state index contributed by atoms with van der Waals surface area (Å²) in [6.07, 6.45) is 6.44. The molecule has 0 spiro atoms. The Kier molecular flexibility index (Phi) is 2.78. The van der Waals surface area contributed by atoms with Gasteiger partial charge in [0.2, 0.25) is 0 Å². The molecule has 0 aliphatic rings. The van der Waals surface area contributed by atoms with Crippen LogP contribution in [-0.4, -0.2) is 24.9 Å². The van der Waals surface area contributed by atoms with Crippen molar-refractivity contribution in [1.82, 2.24) is 4.90 Å². The van der Waals surface area contributed by atoms with Gasteiger partial charge in [0.15, 0.2) is 0 Å². The maximum absolute atomic E-state index is 9.60. The molecule has 2 heteroatoms. The largest absolute Gasteiger partial charge is 0.326 e. The molecular formula is C5H6NO. The molecule has 1 radical (unpaired) electrons. The SMILES string of the molecule is C#CCN(C)[C]=O. The summed E-state index contributed by atoms with van der Waals surface area (Å²) < 4.78 is 0. The standard InChI is InChI=1S/C5H6NO/c1-3-4-6(2)5-7/h1H,4H2,2H3. The lowest BCUT2D eigenvalue weighted by Gasteiger charge is -1.99. The first-order chi connectivity index (χ1) is 3.31. The van der Waals surface area contributed by atoms with Gasteiger partial charge in [-0.25, -0.2) is 0 Å². The molecule has 2 nitrogen and oxygen atoms in total. The first-order valence-corrected chi connectivity index (χ1v) is 1.83. The maximum atomic E-state index is 9.60. The van der Waals surface area contributed by atoms with Gasteiger partial charge < -0.3 is 4.90 Å². The predicted octanol–water partition coefficient (Wildman–Crippen LogP) is -0.381. The van der Waals surface area contributed by atoms with E-state index >= 15 is 0 Å². The summed E-state index contributed by atoms with van der Waals surface area (Å²) in [7, 11) is 1.58. The van der Waals surface area contributed by atoms with Crippen LogP contribution in [0.15, 0.2) is 0 Å². The third-order valence-electron chi connectivity index (χ3n) is 0.484. The quantitative estimate of drug-likeness (QED) is 0.339. The van der Waals surface area contributed by atoms with Crippen molar-refractivity contribution in [3.8, 4) is 12.3 Å². The first-order valence-electron chi connectivity index (χ1n) is 1.83. The Morgan fingerprint density at radius 2 is 2.43 bits per heavy atom. The van der Waals surface area contributed by atoms with E-state index in [1.165, 1.54) is 4.90 Å². The number of terminal acetylenes is 1. The topological polar surface area (TPSA) is 20.3 Å². The van der Waals surface area contributed by atoms with Crippen molar-refractivity contribution < 1.29 is 4.79 Å². The fourth-order valence-corrected chi connectivity index (χ4v) is 0.169. The van der Waals surface area contributed by atoms with E-state index in [9.17, 15) is 4.79 Å². The molecule has 7 heavy (non-hydrogen) atoms. The van der Waals surface area contributed by atoms with Gasteiger partial charge in [-0.15, -0.1) is 6.42 Å². The molecule has 0 aromatic heterocycles. The molecular weight excluding hydrogens is 90.1 g/mol. The number of amides is 1. The van der Waals surface area contributed by atoms with E-state index in [4.69, 9.17) is 6.42 Å². The average molecular weight is 96.1 g/mol. The van der Waals surface area contributed by atoms with Crippen molar-refractivity contribution >= 4 is 6.41 Å². The Labute approximate surface area is 43.1 Å². The second kappa shape index (κ2) is 3.23. The molecule has 0 saturated heterocycles. The Bertz CT molecular complexity index is 92.7. The van der Waals surface area contributed by atoms with Crippen LogP contribution in [0.3, 0.4) is 0 Å². The highest BCUT2D eigenvalue weighted by atomic mass is 16.1. The van der Waals surface area contributed by atoms with Crippen LogP contribution < -0.4 is 0 Å². The van der Waals surface area contributed by atoms with Gasteiger partial charge in [0.05, 0.1) is 6.54 Å². The Morgan fingerprint density at radius 1 is 1.86 bits per heavy atom.